The summed E-state index contributed by atoms with van der Waals surface area (Å²) in [6, 6.07) is 19.5. The van der Waals surface area contributed by atoms with E-state index in [1.807, 2.05) is 24.4 Å². The summed E-state index contributed by atoms with van der Waals surface area (Å²) in [5.41, 5.74) is 1.85. The van der Waals surface area contributed by atoms with Crippen LogP contribution >= 0.6 is 11.3 Å². The topological polar surface area (TPSA) is 106 Å². The Morgan fingerprint density at radius 2 is 1.83 bits per heavy atom. The van der Waals surface area contributed by atoms with Crippen molar-refractivity contribution in [3.8, 4) is 17.3 Å². The smallest absolute Gasteiger partial charge is 0.340 e. The van der Waals surface area contributed by atoms with E-state index >= 15 is 4.39 Å². The fraction of sp³-hybridized carbons (Fsp3) is 0.286. The van der Waals surface area contributed by atoms with E-state index < -0.39 is 35.9 Å². The van der Waals surface area contributed by atoms with Crippen molar-refractivity contribution in [2.24, 2.45) is 0 Å². The minimum atomic E-state index is -1.57. The zero-order valence-electron chi connectivity index (χ0n) is 26.3. The van der Waals surface area contributed by atoms with Crippen molar-refractivity contribution in [2.75, 3.05) is 19.9 Å². The molecule has 3 aromatic carbocycles. The third-order valence-electron chi connectivity index (χ3n) is 8.15. The molecular formula is C35H34F2N6O3S. The maximum absolute atomic E-state index is 15.7. The monoisotopic (exact) mass is 656 g/mol. The van der Waals surface area contributed by atoms with E-state index in [2.05, 4.69) is 34.9 Å². The van der Waals surface area contributed by atoms with Gasteiger partial charge in [0.1, 0.15) is 29.9 Å². The van der Waals surface area contributed by atoms with E-state index in [-0.39, 0.29) is 12.1 Å². The lowest BCUT2D eigenvalue weighted by atomic mass is 9.81. The van der Waals surface area contributed by atoms with Crippen molar-refractivity contribution in [3.05, 3.63) is 124 Å². The lowest BCUT2D eigenvalue weighted by molar-refractivity contribution is -0.148. The Labute approximate surface area is 276 Å². The maximum atomic E-state index is 15.7. The van der Waals surface area contributed by atoms with Gasteiger partial charge in [-0.1, -0.05) is 51.1 Å². The first-order valence-electron chi connectivity index (χ1n) is 15.1. The molecule has 2 heterocycles. The molecule has 0 saturated heterocycles. The summed E-state index contributed by atoms with van der Waals surface area (Å²) in [7, 11) is 0. The van der Waals surface area contributed by atoms with Crippen LogP contribution in [-0.4, -0.2) is 50.5 Å². The van der Waals surface area contributed by atoms with Crippen molar-refractivity contribution in [1.82, 2.24) is 24.6 Å². The van der Waals surface area contributed by atoms with Gasteiger partial charge in [0.2, 0.25) is 0 Å². The van der Waals surface area contributed by atoms with Gasteiger partial charge in [0, 0.05) is 35.0 Å². The molecule has 0 N–H and O–H groups in total. The van der Waals surface area contributed by atoms with Crippen molar-refractivity contribution in [1.29, 1.82) is 5.26 Å². The molecule has 242 valence electrons. The number of esters is 1. The average Bonchev–Trinajstić information content (AvgIpc) is 3.80. The number of halogens is 2. The van der Waals surface area contributed by atoms with Gasteiger partial charge in [-0.25, -0.2) is 28.2 Å². The molecule has 0 fully saturated rings. The maximum Gasteiger partial charge on any atom is 0.340 e. The lowest BCUT2D eigenvalue weighted by Crippen LogP contribution is -2.42. The zero-order valence-corrected chi connectivity index (χ0v) is 27.1. The minimum Gasteiger partial charge on any atom is -0.435 e. The summed E-state index contributed by atoms with van der Waals surface area (Å²) in [5.74, 6) is -2.85. The van der Waals surface area contributed by atoms with Crippen molar-refractivity contribution < 1.29 is 23.0 Å². The number of hydrogen-bond acceptors (Lipinski definition) is 9. The number of aromatic nitrogens is 4. The molecule has 0 aliphatic carbocycles. The van der Waals surface area contributed by atoms with Gasteiger partial charge in [-0.15, -0.1) is 11.3 Å². The van der Waals surface area contributed by atoms with E-state index in [1.54, 1.807) is 36.4 Å². The van der Waals surface area contributed by atoms with E-state index in [0.29, 0.717) is 21.8 Å². The highest BCUT2D eigenvalue weighted by atomic mass is 32.1. The molecule has 2 atom stereocenters. The van der Waals surface area contributed by atoms with E-state index in [1.165, 1.54) is 34.7 Å². The molecule has 0 aliphatic rings. The molecule has 2 aromatic heterocycles. The van der Waals surface area contributed by atoms with Crippen LogP contribution in [0.1, 0.15) is 58.7 Å². The number of carbonyl (C=O) groups is 1. The fourth-order valence-corrected chi connectivity index (χ4v) is 6.32. The van der Waals surface area contributed by atoms with Crippen LogP contribution in [0, 0.1) is 23.0 Å². The van der Waals surface area contributed by atoms with Crippen LogP contribution in [0.15, 0.2) is 84.8 Å². The molecule has 0 radical (unpaired) electrons. The third kappa shape index (κ3) is 7.77. The predicted molar refractivity (Wildman–Crippen MR) is 173 cm³/mol. The first-order chi connectivity index (χ1) is 22.8. The molecule has 0 saturated carbocycles. The molecule has 5 rings (SSSR count). The number of benzene rings is 3. The van der Waals surface area contributed by atoms with Gasteiger partial charge >= 0.3 is 5.97 Å². The van der Waals surface area contributed by atoms with Gasteiger partial charge < -0.3 is 9.47 Å². The number of hydrogen-bond donors (Lipinski definition) is 0. The number of ether oxygens (including phenoxy) is 2. The molecule has 12 heteroatoms. The summed E-state index contributed by atoms with van der Waals surface area (Å²) in [4.78, 5) is 24.2. The van der Waals surface area contributed by atoms with Crippen LogP contribution in [0.5, 0.6) is 0 Å². The highest BCUT2D eigenvalue weighted by Gasteiger charge is 2.45. The fourth-order valence-electron chi connectivity index (χ4n) is 5.35. The molecule has 0 bridgehead atoms. The highest BCUT2D eigenvalue weighted by molar-refractivity contribution is 7.10. The normalized spacial score (nSPS) is 13.2. The van der Waals surface area contributed by atoms with Crippen molar-refractivity contribution in [3.63, 3.8) is 0 Å². The highest BCUT2D eigenvalue weighted by Crippen LogP contribution is 2.44. The van der Waals surface area contributed by atoms with Crippen LogP contribution in [0.2, 0.25) is 0 Å². The van der Waals surface area contributed by atoms with E-state index in [0.717, 1.165) is 42.9 Å². The summed E-state index contributed by atoms with van der Waals surface area (Å²) in [6.45, 7) is 8.01. The largest absolute Gasteiger partial charge is 0.435 e. The Balaban J connectivity index is 1.45. The lowest BCUT2D eigenvalue weighted by Gasteiger charge is -2.38. The third-order valence-corrected chi connectivity index (χ3v) is 9.18. The van der Waals surface area contributed by atoms with Crippen molar-refractivity contribution >= 4 is 17.3 Å². The minimum absolute atomic E-state index is 0.0360. The van der Waals surface area contributed by atoms with E-state index in [9.17, 15) is 9.18 Å². The summed E-state index contributed by atoms with van der Waals surface area (Å²) >= 11 is 1.34. The van der Waals surface area contributed by atoms with Gasteiger partial charge in [-0.05, 0) is 49.0 Å². The Morgan fingerprint density at radius 3 is 2.47 bits per heavy atom. The number of thiazole rings is 1. The second-order valence-corrected chi connectivity index (χ2v) is 11.8. The number of rotatable bonds is 14. The summed E-state index contributed by atoms with van der Waals surface area (Å²) in [5, 5.41) is 15.8. The number of nitrogens with zero attached hydrogens (tertiary/aromatic N) is 6. The second-order valence-electron chi connectivity index (χ2n) is 10.9. The zero-order chi connectivity index (χ0) is 33.4. The van der Waals surface area contributed by atoms with Crippen LogP contribution in [0.3, 0.4) is 0 Å². The van der Waals surface area contributed by atoms with Crippen LogP contribution in [0.25, 0.3) is 11.3 Å². The molecular weight excluding hydrogens is 622 g/mol. The van der Waals surface area contributed by atoms with Gasteiger partial charge in [0.15, 0.2) is 6.79 Å². The Bertz CT molecular complexity index is 1820. The first-order valence-corrected chi connectivity index (χ1v) is 16.0. The molecule has 9 nitrogen and oxygen atoms in total. The number of carbonyl (C=O) groups excluding carboxylic acids is 1. The molecule has 0 unspecified atom stereocenters. The molecule has 5 aromatic rings. The first kappa shape index (κ1) is 33.5. The summed E-state index contributed by atoms with van der Waals surface area (Å²) < 4.78 is 43.3. The second kappa shape index (κ2) is 15.2. The molecule has 47 heavy (non-hydrogen) atoms. The van der Waals surface area contributed by atoms with Crippen molar-refractivity contribution in [2.45, 2.75) is 45.4 Å². The molecule has 0 spiro atoms. The Morgan fingerprint density at radius 1 is 1.09 bits per heavy atom. The van der Waals surface area contributed by atoms with E-state index in [4.69, 9.17) is 19.7 Å². The van der Waals surface area contributed by atoms with Gasteiger partial charge in [0.05, 0.1) is 34.4 Å². The van der Waals surface area contributed by atoms with Gasteiger partial charge in [-0.3, -0.25) is 4.90 Å². The van der Waals surface area contributed by atoms with Crippen LogP contribution in [0.4, 0.5) is 8.78 Å². The molecule has 0 amide bonds. The van der Waals surface area contributed by atoms with Gasteiger partial charge in [0.25, 0.3) is 0 Å². The number of nitriles is 1. The standard InChI is InChI=1S/C35H34F2N6O3S/c1-4-42(5-2)18-26-8-12-28(13-9-26)34(44)45-23-46-35(20-43-22-39-21-40-43,30-15-14-29(36)16-31(30)37)24(3)33-41-32(19-47-33)27-10-6-25(17-38)7-11-27/h6-16,19,21-22,24H,4-5,18,20,23H2,1-3H3/t24-,35+/m0/s1. The summed E-state index contributed by atoms with van der Waals surface area (Å²) in [6.07, 6.45) is 2.80. The Hall–Kier alpha value is -4.83. The SMILES string of the molecule is CCN(CC)Cc1ccc(C(=O)OCO[C@@](Cn2cncn2)(c2ccc(F)cc2F)[C@@H](C)c2nc(-c3ccc(C#N)cc3)cs2)cc1. The molecule has 0 aliphatic heterocycles. The van der Waals surface area contributed by atoms with Crippen LogP contribution < -0.4 is 0 Å². The quantitative estimate of drug-likeness (QED) is 0.0937. The predicted octanol–water partition coefficient (Wildman–Crippen LogP) is 6.92. The van der Waals surface area contributed by atoms with Gasteiger partial charge in [-0.2, -0.15) is 10.4 Å². The Kier molecular flexibility index (Phi) is 10.8. The average molecular weight is 657 g/mol. The van der Waals surface area contributed by atoms with Crippen LogP contribution in [-0.2, 0) is 28.2 Å².